The molecule has 2 aromatic carbocycles. The molecule has 14 heteroatoms. The molecule has 1 heterocycles. The summed E-state index contributed by atoms with van der Waals surface area (Å²) in [6.07, 6.45) is 1.39. The Morgan fingerprint density at radius 3 is 1.39 bits per heavy atom. The first kappa shape index (κ1) is 20.6. The molecule has 0 amide bonds. The standard InChI is InChI=1S/C14H18N7O4P3/c15-26(16)19-27(17,18)21-28(20-26,24-13-5-1-11(9-22)2-6-13)25-14-7-3-12(10-23)4-8-14/h1-10H,15-18H2. The van der Waals surface area contributed by atoms with E-state index in [0.29, 0.717) is 35.2 Å². The van der Waals surface area contributed by atoms with Gasteiger partial charge in [-0.05, 0) is 48.5 Å². The van der Waals surface area contributed by atoms with Crippen molar-refractivity contribution in [1.82, 2.24) is 0 Å². The van der Waals surface area contributed by atoms with Crippen molar-refractivity contribution in [3.8, 4) is 11.5 Å². The van der Waals surface area contributed by atoms with Gasteiger partial charge in [0, 0.05) is 11.1 Å². The lowest BCUT2D eigenvalue weighted by atomic mass is 10.2. The largest absolute Gasteiger partial charge is 0.454 e. The van der Waals surface area contributed by atoms with E-state index in [9.17, 15) is 9.59 Å². The summed E-state index contributed by atoms with van der Waals surface area (Å²) in [5.74, 6) is 0.607. The highest BCUT2D eigenvalue weighted by molar-refractivity contribution is 7.81. The number of benzene rings is 2. The van der Waals surface area contributed by atoms with Crippen molar-refractivity contribution in [2.75, 3.05) is 0 Å². The van der Waals surface area contributed by atoms with Crippen molar-refractivity contribution < 1.29 is 18.6 Å². The Bertz CT molecular complexity index is 1010. The van der Waals surface area contributed by atoms with Crippen molar-refractivity contribution in [3.05, 3.63) is 59.7 Å². The first-order chi connectivity index (χ1) is 13.1. The summed E-state index contributed by atoms with van der Waals surface area (Å²) >= 11 is 0. The number of rotatable bonds is 6. The van der Waals surface area contributed by atoms with Gasteiger partial charge in [0.05, 0.1) is 0 Å². The second-order valence-corrected chi connectivity index (χ2v) is 12.0. The average molecular weight is 441 g/mol. The highest BCUT2D eigenvalue weighted by Crippen LogP contribution is 2.69. The summed E-state index contributed by atoms with van der Waals surface area (Å²) in [7, 11) is -10.0. The molecule has 0 spiro atoms. The smallest absolute Gasteiger partial charge is 0.414 e. The summed E-state index contributed by atoms with van der Waals surface area (Å²) < 4.78 is 24.3. The predicted molar refractivity (Wildman–Crippen MR) is 110 cm³/mol. The van der Waals surface area contributed by atoms with E-state index < -0.39 is 22.7 Å². The Morgan fingerprint density at radius 2 is 1.04 bits per heavy atom. The Kier molecular flexibility index (Phi) is 5.70. The third-order valence-corrected chi connectivity index (χ3v) is 10.6. The third-order valence-electron chi connectivity index (χ3n) is 3.28. The second-order valence-electron chi connectivity index (χ2n) is 5.72. The number of nitrogens with two attached hydrogens (primary N) is 4. The molecule has 0 saturated carbocycles. The lowest BCUT2D eigenvalue weighted by Crippen LogP contribution is -2.14. The van der Waals surface area contributed by atoms with Crippen LogP contribution in [0.15, 0.2) is 62.1 Å². The number of carbonyl (C=O) groups excluding carboxylic acids is 2. The topological polar surface area (TPSA) is 194 Å². The average Bonchev–Trinajstić information content (AvgIpc) is 2.60. The molecule has 3 rings (SSSR count). The Hall–Kier alpha value is -2.09. The molecule has 0 bridgehead atoms. The van der Waals surface area contributed by atoms with Gasteiger partial charge in [-0.15, -0.1) is 9.03 Å². The predicted octanol–water partition coefficient (Wildman–Crippen LogP) is 3.46. The number of aldehydes is 2. The summed E-state index contributed by atoms with van der Waals surface area (Å²) in [6.45, 7) is 0. The van der Waals surface area contributed by atoms with E-state index in [1.807, 2.05) is 0 Å². The van der Waals surface area contributed by atoms with Crippen LogP contribution >= 0.6 is 22.7 Å². The molecular weight excluding hydrogens is 423 g/mol. The van der Waals surface area contributed by atoms with E-state index >= 15 is 0 Å². The van der Waals surface area contributed by atoms with Crippen molar-refractivity contribution in [1.29, 1.82) is 0 Å². The van der Waals surface area contributed by atoms with Gasteiger partial charge in [0.1, 0.15) is 24.1 Å². The molecule has 148 valence electrons. The molecule has 0 saturated heterocycles. The fraction of sp³-hybridized carbons (Fsp3) is 0. The molecular formula is C14H18N7O4P3. The van der Waals surface area contributed by atoms with E-state index in [2.05, 4.69) is 13.5 Å². The molecule has 0 atom stereocenters. The van der Waals surface area contributed by atoms with Gasteiger partial charge in [-0.2, -0.15) is 4.52 Å². The molecule has 0 radical (unpaired) electrons. The summed E-state index contributed by atoms with van der Waals surface area (Å²) in [4.78, 5) is 21.7. The highest BCUT2D eigenvalue weighted by Gasteiger charge is 2.35. The number of carbonyl (C=O) groups is 2. The molecule has 8 N–H and O–H groups in total. The van der Waals surface area contributed by atoms with Crippen LogP contribution in [-0.2, 0) is 0 Å². The molecule has 0 unspecified atom stereocenters. The quantitative estimate of drug-likeness (QED) is 0.386. The van der Waals surface area contributed by atoms with Crippen LogP contribution in [0.1, 0.15) is 20.7 Å². The highest BCUT2D eigenvalue weighted by atomic mass is 31.3. The van der Waals surface area contributed by atoms with Crippen molar-refractivity contribution >= 4 is 35.2 Å². The second kappa shape index (κ2) is 7.73. The van der Waals surface area contributed by atoms with Gasteiger partial charge in [0.2, 0.25) is 15.0 Å². The van der Waals surface area contributed by atoms with Gasteiger partial charge in [-0.25, -0.2) is 0 Å². The molecule has 0 aliphatic carbocycles. The van der Waals surface area contributed by atoms with E-state index in [1.165, 1.54) is 0 Å². The molecule has 2 aromatic rings. The molecule has 11 nitrogen and oxygen atoms in total. The minimum atomic E-state index is -3.55. The van der Waals surface area contributed by atoms with Crippen molar-refractivity contribution in [2.45, 2.75) is 0 Å². The van der Waals surface area contributed by atoms with E-state index in [1.54, 1.807) is 48.5 Å². The Morgan fingerprint density at radius 1 is 0.643 bits per heavy atom. The van der Waals surface area contributed by atoms with E-state index in [0.717, 1.165) is 0 Å². The van der Waals surface area contributed by atoms with Gasteiger partial charge in [0.15, 0.2) is 0 Å². The maximum atomic E-state index is 10.8. The lowest BCUT2D eigenvalue weighted by molar-refractivity contribution is 0.111. The molecule has 0 aromatic heterocycles. The zero-order valence-electron chi connectivity index (χ0n) is 14.4. The van der Waals surface area contributed by atoms with E-state index in [-0.39, 0.29) is 0 Å². The SMILES string of the molecule is NP1(N)=NP(N)(N)=NP(Oc2ccc(C=O)cc2)(Oc2ccc(C=O)cc2)=N1. The molecule has 1 aliphatic heterocycles. The third kappa shape index (κ3) is 5.04. The lowest BCUT2D eigenvalue weighted by Gasteiger charge is -2.28. The Labute approximate surface area is 161 Å². The van der Waals surface area contributed by atoms with Crippen LogP contribution in [0, 0.1) is 0 Å². The van der Waals surface area contributed by atoms with Crippen LogP contribution in [0.3, 0.4) is 0 Å². The van der Waals surface area contributed by atoms with Gasteiger partial charge < -0.3 is 9.05 Å². The van der Waals surface area contributed by atoms with E-state index in [4.69, 9.17) is 31.1 Å². The van der Waals surface area contributed by atoms with Crippen LogP contribution in [0.5, 0.6) is 11.5 Å². The van der Waals surface area contributed by atoms with Gasteiger partial charge >= 0.3 is 7.66 Å². The zero-order valence-corrected chi connectivity index (χ0v) is 17.1. The van der Waals surface area contributed by atoms with Crippen molar-refractivity contribution in [2.24, 2.45) is 35.6 Å². The maximum Gasteiger partial charge on any atom is 0.454 e. The first-order valence-corrected chi connectivity index (χ1v) is 12.9. The summed E-state index contributed by atoms with van der Waals surface area (Å²) in [5.41, 5.74) is 24.8. The minimum absolute atomic E-state index is 0.304. The monoisotopic (exact) mass is 441 g/mol. The fourth-order valence-electron chi connectivity index (χ4n) is 2.23. The number of hydrogen-bond acceptors (Lipinski definition) is 11. The van der Waals surface area contributed by atoms with Crippen LogP contribution < -0.4 is 31.1 Å². The normalized spacial score (nSPS) is 18.6. The fourth-order valence-corrected chi connectivity index (χ4v) is 9.77. The zero-order chi connectivity index (χ0) is 20.4. The van der Waals surface area contributed by atoms with Crippen molar-refractivity contribution in [3.63, 3.8) is 0 Å². The molecule has 0 fully saturated rings. The number of nitrogens with zero attached hydrogens (tertiary/aromatic N) is 3. The van der Waals surface area contributed by atoms with Gasteiger partial charge in [0.25, 0.3) is 0 Å². The summed E-state index contributed by atoms with van der Waals surface area (Å²) in [6, 6.07) is 12.4. The van der Waals surface area contributed by atoms with Crippen LogP contribution in [0.4, 0.5) is 0 Å². The van der Waals surface area contributed by atoms with Crippen LogP contribution in [0.2, 0.25) is 0 Å². The summed E-state index contributed by atoms with van der Waals surface area (Å²) in [5, 5.41) is 0. The van der Waals surface area contributed by atoms with Crippen LogP contribution in [-0.4, -0.2) is 12.6 Å². The first-order valence-electron chi connectivity index (χ1n) is 7.70. The molecule has 1 aliphatic rings. The molecule has 28 heavy (non-hydrogen) atoms. The van der Waals surface area contributed by atoms with Crippen LogP contribution in [0.25, 0.3) is 0 Å². The van der Waals surface area contributed by atoms with Gasteiger partial charge in [-0.3, -0.25) is 31.6 Å². The number of hydrogen-bond donors (Lipinski definition) is 4. The minimum Gasteiger partial charge on any atom is -0.414 e. The Balaban J connectivity index is 2.09. The maximum absolute atomic E-state index is 10.8. The van der Waals surface area contributed by atoms with Gasteiger partial charge in [-0.1, -0.05) is 0 Å².